The zero-order valence-corrected chi connectivity index (χ0v) is 11.9. The molecule has 0 saturated carbocycles. The van der Waals surface area contributed by atoms with Crippen molar-refractivity contribution in [3.05, 3.63) is 57.8 Å². The Labute approximate surface area is 127 Å². The molecule has 0 aliphatic carbocycles. The summed E-state index contributed by atoms with van der Waals surface area (Å²) in [6.45, 7) is 0.204. The van der Waals surface area contributed by atoms with Gasteiger partial charge in [0.15, 0.2) is 0 Å². The summed E-state index contributed by atoms with van der Waals surface area (Å²) in [7, 11) is 0. The molecule has 0 radical (unpaired) electrons. The Morgan fingerprint density at radius 1 is 1.33 bits per heavy atom. The van der Waals surface area contributed by atoms with E-state index in [0.717, 1.165) is 5.56 Å². The predicted octanol–water partition coefficient (Wildman–Crippen LogP) is 3.55. The first kappa shape index (κ1) is 14.6. The Kier molecular flexibility index (Phi) is 4.93. The number of carbonyl (C=O) groups excluding carboxylic acids is 1. The van der Waals surface area contributed by atoms with Crippen LogP contribution >= 0.6 is 11.3 Å². The molecule has 0 amide bonds. The number of ether oxygens (including phenoxy) is 1. The molecule has 2 rings (SSSR count). The highest BCUT2D eigenvalue weighted by Crippen LogP contribution is 2.18. The van der Waals surface area contributed by atoms with Gasteiger partial charge < -0.3 is 4.74 Å². The Morgan fingerprint density at radius 2 is 2.10 bits per heavy atom. The molecular formula is C17H11NO2S. The fraction of sp³-hybridized carbons (Fsp3) is 0.0588. The monoisotopic (exact) mass is 293 g/mol. The average molecular weight is 293 g/mol. The summed E-state index contributed by atoms with van der Waals surface area (Å²) in [5.74, 6) is 2.76. The summed E-state index contributed by atoms with van der Waals surface area (Å²) in [5, 5.41) is 11.0. The minimum Gasteiger partial charge on any atom is -0.481 e. The normalized spacial score (nSPS) is 10.5. The molecular weight excluding hydrogens is 282 g/mol. The van der Waals surface area contributed by atoms with Crippen LogP contribution in [0.15, 0.2) is 47.4 Å². The van der Waals surface area contributed by atoms with Crippen molar-refractivity contribution < 1.29 is 9.53 Å². The molecule has 21 heavy (non-hydrogen) atoms. The van der Waals surface area contributed by atoms with Gasteiger partial charge in [-0.05, 0) is 35.2 Å². The van der Waals surface area contributed by atoms with Crippen LogP contribution in [0.1, 0.15) is 15.2 Å². The fourth-order valence-electron chi connectivity index (χ4n) is 1.64. The molecule has 0 atom stereocenters. The van der Waals surface area contributed by atoms with E-state index in [9.17, 15) is 4.79 Å². The summed E-state index contributed by atoms with van der Waals surface area (Å²) in [5.41, 5.74) is 0.860. The largest absolute Gasteiger partial charge is 0.481 e. The van der Waals surface area contributed by atoms with Crippen molar-refractivity contribution in [1.82, 2.24) is 0 Å². The maximum atomic E-state index is 12.1. The first-order chi connectivity index (χ1) is 10.2. The summed E-state index contributed by atoms with van der Waals surface area (Å²) in [6, 6.07) is 12.5. The Balaban J connectivity index is 2.19. The second kappa shape index (κ2) is 7.09. The van der Waals surface area contributed by atoms with Gasteiger partial charge in [-0.3, -0.25) is 4.79 Å². The molecule has 0 fully saturated rings. The molecule has 0 N–H and O–H groups in total. The third kappa shape index (κ3) is 3.82. The quantitative estimate of drug-likeness (QED) is 0.366. The number of benzene rings is 1. The minimum atomic E-state index is -0.264. The van der Waals surface area contributed by atoms with Crippen molar-refractivity contribution in [2.24, 2.45) is 0 Å². The number of Topliss-reactive ketones (excluding diaryl/α,β-unsaturated/α-hetero) is 1. The standard InChI is InChI=1S/C17H11NO2S/c1-2-9-20-15-7-5-13(6-8-15)11-14(12-18)17(19)16-4-3-10-21-16/h1,3-8,10-11H,9H2/b14-11-. The van der Waals surface area contributed by atoms with Gasteiger partial charge in [-0.1, -0.05) is 24.1 Å². The number of hydrogen-bond donors (Lipinski definition) is 0. The van der Waals surface area contributed by atoms with Gasteiger partial charge in [0.1, 0.15) is 24.0 Å². The van der Waals surface area contributed by atoms with Crippen molar-refractivity contribution in [2.75, 3.05) is 6.61 Å². The lowest BCUT2D eigenvalue weighted by Gasteiger charge is -2.02. The van der Waals surface area contributed by atoms with Gasteiger partial charge in [0.05, 0.1) is 4.88 Å². The molecule has 4 heteroatoms. The van der Waals surface area contributed by atoms with Crippen LogP contribution in [-0.2, 0) is 0 Å². The highest BCUT2D eigenvalue weighted by molar-refractivity contribution is 7.12. The van der Waals surface area contributed by atoms with Gasteiger partial charge in [0.2, 0.25) is 5.78 Å². The molecule has 102 valence electrons. The van der Waals surface area contributed by atoms with Gasteiger partial charge in [0.25, 0.3) is 0 Å². The van der Waals surface area contributed by atoms with Crippen LogP contribution in [0.2, 0.25) is 0 Å². The summed E-state index contributed by atoms with van der Waals surface area (Å²) < 4.78 is 5.26. The first-order valence-corrected chi connectivity index (χ1v) is 6.99. The summed E-state index contributed by atoms with van der Waals surface area (Å²) >= 11 is 1.32. The van der Waals surface area contributed by atoms with Crippen LogP contribution in [0.25, 0.3) is 6.08 Å². The SMILES string of the molecule is C#CCOc1ccc(/C=C(/C#N)C(=O)c2cccs2)cc1. The van der Waals surface area contributed by atoms with Gasteiger partial charge in [0, 0.05) is 0 Å². The lowest BCUT2D eigenvalue weighted by atomic mass is 10.1. The summed E-state index contributed by atoms with van der Waals surface area (Å²) in [6.07, 6.45) is 6.68. The third-order valence-corrected chi connectivity index (χ3v) is 3.49. The van der Waals surface area contributed by atoms with Gasteiger partial charge >= 0.3 is 0 Å². The smallest absolute Gasteiger partial charge is 0.213 e. The second-order valence-electron chi connectivity index (χ2n) is 4.04. The van der Waals surface area contributed by atoms with E-state index in [4.69, 9.17) is 16.4 Å². The fourth-order valence-corrected chi connectivity index (χ4v) is 2.32. The maximum Gasteiger partial charge on any atom is 0.213 e. The van der Waals surface area contributed by atoms with E-state index < -0.39 is 0 Å². The molecule has 0 saturated heterocycles. The Hall–Kier alpha value is -2.82. The van der Waals surface area contributed by atoms with Crippen molar-refractivity contribution in [1.29, 1.82) is 5.26 Å². The Morgan fingerprint density at radius 3 is 2.67 bits per heavy atom. The van der Waals surface area contributed by atoms with E-state index in [0.29, 0.717) is 10.6 Å². The highest BCUT2D eigenvalue weighted by Gasteiger charge is 2.12. The molecule has 1 heterocycles. The van der Waals surface area contributed by atoms with Crippen molar-refractivity contribution in [2.45, 2.75) is 0 Å². The number of allylic oxidation sites excluding steroid dienone is 1. The number of nitriles is 1. The molecule has 1 aromatic heterocycles. The highest BCUT2D eigenvalue weighted by atomic mass is 32.1. The van der Waals surface area contributed by atoms with Crippen molar-refractivity contribution in [3.8, 4) is 24.2 Å². The van der Waals surface area contributed by atoms with Crippen molar-refractivity contribution >= 4 is 23.2 Å². The lowest BCUT2D eigenvalue weighted by Crippen LogP contribution is -1.99. The van der Waals surface area contributed by atoms with Gasteiger partial charge in [-0.25, -0.2) is 0 Å². The first-order valence-electron chi connectivity index (χ1n) is 6.11. The van der Waals surface area contributed by atoms with Crippen LogP contribution in [0.5, 0.6) is 5.75 Å². The molecule has 1 aromatic carbocycles. The predicted molar refractivity (Wildman–Crippen MR) is 83.0 cm³/mol. The number of nitrogens with zero attached hydrogens (tertiary/aromatic N) is 1. The number of rotatable bonds is 5. The molecule has 2 aromatic rings. The minimum absolute atomic E-state index is 0.106. The van der Waals surface area contributed by atoms with Crippen LogP contribution < -0.4 is 4.74 Å². The van der Waals surface area contributed by atoms with E-state index in [1.54, 1.807) is 47.9 Å². The number of carbonyl (C=O) groups is 1. The van der Waals surface area contributed by atoms with Crippen molar-refractivity contribution in [3.63, 3.8) is 0 Å². The van der Waals surface area contributed by atoms with Crippen LogP contribution in [0.4, 0.5) is 0 Å². The second-order valence-corrected chi connectivity index (χ2v) is 4.99. The third-order valence-electron chi connectivity index (χ3n) is 2.62. The van der Waals surface area contributed by atoms with Crippen LogP contribution in [-0.4, -0.2) is 12.4 Å². The van der Waals surface area contributed by atoms with E-state index in [1.165, 1.54) is 11.3 Å². The molecule has 0 aliphatic rings. The van der Waals surface area contributed by atoms with Crippen LogP contribution in [0, 0.1) is 23.7 Å². The molecule has 3 nitrogen and oxygen atoms in total. The Bertz CT molecular complexity index is 729. The zero-order valence-electron chi connectivity index (χ0n) is 11.1. The number of thiophene rings is 1. The van der Waals surface area contributed by atoms with E-state index in [-0.39, 0.29) is 18.0 Å². The molecule has 0 unspecified atom stereocenters. The van der Waals surface area contributed by atoms with E-state index in [1.807, 2.05) is 6.07 Å². The van der Waals surface area contributed by atoms with E-state index in [2.05, 4.69) is 5.92 Å². The van der Waals surface area contributed by atoms with Gasteiger partial charge in [-0.15, -0.1) is 17.8 Å². The number of terminal acetylenes is 1. The summed E-state index contributed by atoms with van der Waals surface area (Å²) in [4.78, 5) is 12.7. The molecule has 0 spiro atoms. The molecule has 0 bridgehead atoms. The number of hydrogen-bond acceptors (Lipinski definition) is 4. The molecule has 0 aliphatic heterocycles. The van der Waals surface area contributed by atoms with E-state index >= 15 is 0 Å². The maximum absolute atomic E-state index is 12.1. The average Bonchev–Trinajstić information content (AvgIpc) is 3.05. The zero-order chi connectivity index (χ0) is 15.1. The number of ketones is 1. The topological polar surface area (TPSA) is 50.1 Å². The lowest BCUT2D eigenvalue weighted by molar-refractivity contribution is 0.104. The van der Waals surface area contributed by atoms with Crippen LogP contribution in [0.3, 0.4) is 0 Å². The van der Waals surface area contributed by atoms with Gasteiger partial charge in [-0.2, -0.15) is 5.26 Å².